The van der Waals surface area contributed by atoms with Crippen molar-refractivity contribution in [2.75, 3.05) is 12.8 Å². The Balaban J connectivity index is 1.90. The quantitative estimate of drug-likeness (QED) is 0.804. The van der Waals surface area contributed by atoms with Crippen LogP contribution in [0.15, 0.2) is 24.3 Å². The van der Waals surface area contributed by atoms with Gasteiger partial charge in [-0.1, -0.05) is 25.0 Å². The van der Waals surface area contributed by atoms with Gasteiger partial charge in [0.25, 0.3) is 0 Å². The molecule has 1 aromatic carbocycles. The van der Waals surface area contributed by atoms with Crippen LogP contribution in [0.3, 0.4) is 0 Å². The molecule has 1 aromatic rings. The second kappa shape index (κ2) is 7.79. The Morgan fingerprint density at radius 1 is 1.25 bits per heavy atom. The van der Waals surface area contributed by atoms with Gasteiger partial charge in [0.05, 0.1) is 11.0 Å². The van der Waals surface area contributed by atoms with Crippen molar-refractivity contribution in [3.63, 3.8) is 0 Å². The van der Waals surface area contributed by atoms with Crippen molar-refractivity contribution in [3.8, 4) is 0 Å². The van der Waals surface area contributed by atoms with Crippen LogP contribution >= 0.6 is 0 Å². The molecule has 1 saturated carbocycles. The van der Waals surface area contributed by atoms with E-state index >= 15 is 0 Å². The first-order valence-electron chi connectivity index (χ1n) is 8.14. The van der Waals surface area contributed by atoms with Crippen LogP contribution in [-0.2, 0) is 21.2 Å². The molecule has 2 rings (SSSR count). The number of carbonyl (C=O) groups excluding carboxylic acids is 2. The first kappa shape index (κ1) is 18.4. The van der Waals surface area contributed by atoms with Gasteiger partial charge in [0.15, 0.2) is 9.84 Å². The third-order valence-corrected chi connectivity index (χ3v) is 6.73. The smallest absolute Gasteiger partial charge is 0.248 e. The maximum atomic E-state index is 12.2. The molecule has 2 N–H and O–H groups in total. The van der Waals surface area contributed by atoms with Crippen LogP contribution in [0.2, 0.25) is 0 Å². The Hall–Kier alpha value is -1.89. The topological polar surface area (TPSA) is 97.5 Å². The molecule has 7 heteroatoms. The Morgan fingerprint density at radius 2 is 1.92 bits per heavy atom. The summed E-state index contributed by atoms with van der Waals surface area (Å²) in [5.74, 6) is -0.836. The monoisotopic (exact) mass is 352 g/mol. The minimum atomic E-state index is -3.19. The zero-order valence-electron chi connectivity index (χ0n) is 13.9. The van der Waals surface area contributed by atoms with Gasteiger partial charge in [0, 0.05) is 25.6 Å². The summed E-state index contributed by atoms with van der Waals surface area (Å²) in [6, 6.07) is 6.76. The minimum absolute atomic E-state index is 0.00908. The molecule has 132 valence electrons. The van der Waals surface area contributed by atoms with Gasteiger partial charge >= 0.3 is 0 Å². The van der Waals surface area contributed by atoms with Crippen molar-refractivity contribution in [2.24, 2.45) is 5.73 Å². The molecule has 0 atom stereocenters. The van der Waals surface area contributed by atoms with Crippen LogP contribution in [0, 0.1) is 0 Å². The van der Waals surface area contributed by atoms with Gasteiger partial charge in [-0.05, 0) is 30.5 Å². The van der Waals surface area contributed by atoms with Gasteiger partial charge in [-0.2, -0.15) is 0 Å². The second-order valence-corrected chi connectivity index (χ2v) is 8.74. The van der Waals surface area contributed by atoms with Gasteiger partial charge in [0.1, 0.15) is 0 Å². The first-order chi connectivity index (χ1) is 11.3. The summed E-state index contributed by atoms with van der Waals surface area (Å²) in [7, 11) is -1.56. The third kappa shape index (κ3) is 4.80. The minimum Gasteiger partial charge on any atom is -0.366 e. The molecule has 1 fully saturated rings. The molecule has 2 amide bonds. The molecular weight excluding hydrogens is 328 g/mol. The van der Waals surface area contributed by atoms with Crippen LogP contribution in [0.1, 0.15) is 48.0 Å². The summed E-state index contributed by atoms with van der Waals surface area (Å²) in [6.07, 6.45) is 3.32. The van der Waals surface area contributed by atoms with Crippen molar-refractivity contribution in [1.29, 1.82) is 0 Å². The van der Waals surface area contributed by atoms with E-state index in [-0.39, 0.29) is 23.3 Å². The van der Waals surface area contributed by atoms with E-state index in [0.29, 0.717) is 24.9 Å². The molecule has 0 aromatic heterocycles. The van der Waals surface area contributed by atoms with Crippen molar-refractivity contribution in [1.82, 2.24) is 4.90 Å². The number of hydrogen-bond donors (Lipinski definition) is 1. The van der Waals surface area contributed by atoms with Crippen LogP contribution < -0.4 is 5.73 Å². The normalized spacial score (nSPS) is 15.4. The SMILES string of the molecule is CN(Cc1cccc(C(N)=O)c1)C(=O)CCS(=O)(=O)C1CCCC1. The Bertz CT molecular complexity index is 709. The predicted octanol–water partition coefficient (Wildman–Crippen LogP) is 1.49. The average Bonchev–Trinajstić information content (AvgIpc) is 3.08. The Morgan fingerprint density at radius 3 is 2.54 bits per heavy atom. The molecule has 1 aliphatic carbocycles. The van der Waals surface area contributed by atoms with E-state index in [1.54, 1.807) is 31.3 Å². The number of nitrogens with two attached hydrogens (primary N) is 1. The van der Waals surface area contributed by atoms with Crippen LogP contribution in [-0.4, -0.2) is 43.2 Å². The summed E-state index contributed by atoms with van der Waals surface area (Å²) in [5.41, 5.74) is 6.41. The maximum Gasteiger partial charge on any atom is 0.248 e. The van der Waals surface area contributed by atoms with E-state index in [2.05, 4.69) is 0 Å². The van der Waals surface area contributed by atoms with Gasteiger partial charge in [-0.25, -0.2) is 8.42 Å². The number of primary amides is 1. The van der Waals surface area contributed by atoms with Gasteiger partial charge in [-0.15, -0.1) is 0 Å². The highest BCUT2D eigenvalue weighted by molar-refractivity contribution is 7.92. The summed E-state index contributed by atoms with van der Waals surface area (Å²) < 4.78 is 24.4. The van der Waals surface area contributed by atoms with Gasteiger partial charge in [-0.3, -0.25) is 9.59 Å². The summed E-state index contributed by atoms with van der Waals surface area (Å²) in [4.78, 5) is 24.9. The van der Waals surface area contributed by atoms with Crippen LogP contribution in [0.4, 0.5) is 0 Å². The number of hydrogen-bond acceptors (Lipinski definition) is 4. The fourth-order valence-electron chi connectivity index (χ4n) is 3.02. The molecule has 0 unspecified atom stereocenters. The van der Waals surface area contributed by atoms with Crippen molar-refractivity contribution < 1.29 is 18.0 Å². The van der Waals surface area contributed by atoms with Gasteiger partial charge < -0.3 is 10.6 Å². The Kier molecular flexibility index (Phi) is 5.99. The lowest BCUT2D eigenvalue weighted by Gasteiger charge is -2.18. The molecule has 0 aliphatic heterocycles. The average molecular weight is 352 g/mol. The molecule has 0 radical (unpaired) electrons. The van der Waals surface area contributed by atoms with E-state index in [0.717, 1.165) is 18.4 Å². The highest BCUT2D eigenvalue weighted by atomic mass is 32.2. The zero-order valence-corrected chi connectivity index (χ0v) is 14.7. The lowest BCUT2D eigenvalue weighted by atomic mass is 10.1. The fourth-order valence-corrected chi connectivity index (χ4v) is 4.86. The predicted molar refractivity (Wildman–Crippen MR) is 92.1 cm³/mol. The van der Waals surface area contributed by atoms with E-state index in [1.807, 2.05) is 0 Å². The molecule has 0 saturated heterocycles. The van der Waals surface area contributed by atoms with E-state index in [9.17, 15) is 18.0 Å². The molecule has 24 heavy (non-hydrogen) atoms. The molecule has 1 aliphatic rings. The summed E-state index contributed by atoms with van der Waals surface area (Å²) in [5, 5.41) is -0.275. The molecular formula is C17H24N2O4S. The number of amides is 2. The summed E-state index contributed by atoms with van der Waals surface area (Å²) >= 11 is 0. The van der Waals surface area contributed by atoms with E-state index < -0.39 is 15.7 Å². The third-order valence-electron chi connectivity index (χ3n) is 4.47. The number of rotatable bonds is 7. The largest absolute Gasteiger partial charge is 0.366 e. The van der Waals surface area contributed by atoms with Crippen molar-refractivity contribution in [3.05, 3.63) is 35.4 Å². The number of carbonyl (C=O) groups is 2. The highest BCUT2D eigenvalue weighted by Gasteiger charge is 2.29. The van der Waals surface area contributed by atoms with Crippen LogP contribution in [0.5, 0.6) is 0 Å². The second-order valence-electron chi connectivity index (χ2n) is 6.34. The van der Waals surface area contributed by atoms with Crippen LogP contribution in [0.25, 0.3) is 0 Å². The standard InChI is InChI=1S/C17H24N2O4S/c1-19(12-13-5-4-6-14(11-13)17(18)21)16(20)9-10-24(22,23)15-7-2-3-8-15/h4-6,11,15H,2-3,7-10,12H2,1H3,(H2,18,21). The van der Waals surface area contributed by atoms with E-state index in [4.69, 9.17) is 5.73 Å². The highest BCUT2D eigenvalue weighted by Crippen LogP contribution is 2.25. The molecule has 0 bridgehead atoms. The van der Waals surface area contributed by atoms with E-state index in [1.165, 1.54) is 4.90 Å². The lowest BCUT2D eigenvalue weighted by molar-refractivity contribution is -0.130. The molecule has 0 spiro atoms. The number of benzene rings is 1. The lowest BCUT2D eigenvalue weighted by Crippen LogP contribution is -2.30. The van der Waals surface area contributed by atoms with Gasteiger partial charge in [0.2, 0.25) is 11.8 Å². The van der Waals surface area contributed by atoms with Crippen molar-refractivity contribution >= 4 is 21.7 Å². The fraction of sp³-hybridized carbons (Fsp3) is 0.529. The summed E-state index contributed by atoms with van der Waals surface area (Å²) in [6.45, 7) is 0.309. The zero-order chi connectivity index (χ0) is 17.7. The molecule has 0 heterocycles. The maximum absolute atomic E-state index is 12.2. The van der Waals surface area contributed by atoms with Crippen molar-refractivity contribution in [2.45, 2.75) is 43.9 Å². The first-order valence-corrected chi connectivity index (χ1v) is 9.85. The molecule has 6 nitrogen and oxygen atoms in total. The number of sulfone groups is 1. The Labute approximate surface area is 142 Å². The number of nitrogens with zero attached hydrogens (tertiary/aromatic N) is 1.